The number of carbonyl (C=O) groups excluding carboxylic acids is 2. The maximum atomic E-state index is 12.3. The van der Waals surface area contributed by atoms with Crippen molar-refractivity contribution in [1.29, 1.82) is 0 Å². The van der Waals surface area contributed by atoms with Gasteiger partial charge in [0, 0.05) is 5.02 Å². The Balaban J connectivity index is 1.81. The van der Waals surface area contributed by atoms with Gasteiger partial charge in [-0.25, -0.2) is 0 Å². The second-order valence-electron chi connectivity index (χ2n) is 5.11. The summed E-state index contributed by atoms with van der Waals surface area (Å²) in [6.07, 6.45) is 1.92. The topological polar surface area (TPSA) is 43.4 Å². The highest BCUT2D eigenvalue weighted by Crippen LogP contribution is 2.33. The maximum absolute atomic E-state index is 12.3. The highest BCUT2D eigenvalue weighted by atomic mass is 35.5. The molecule has 0 aliphatic carbocycles. The van der Waals surface area contributed by atoms with Crippen molar-refractivity contribution in [2.24, 2.45) is 0 Å². The molecule has 0 spiro atoms. The lowest BCUT2D eigenvalue weighted by atomic mass is 10.0. The van der Waals surface area contributed by atoms with E-state index in [2.05, 4.69) is 0 Å². The van der Waals surface area contributed by atoms with Crippen LogP contribution in [0.3, 0.4) is 0 Å². The Morgan fingerprint density at radius 2 is 1.95 bits per heavy atom. The van der Waals surface area contributed by atoms with Gasteiger partial charge in [0.1, 0.15) is 5.75 Å². The van der Waals surface area contributed by atoms with Crippen LogP contribution in [0.2, 0.25) is 5.02 Å². The Morgan fingerprint density at radius 3 is 2.68 bits per heavy atom. The van der Waals surface area contributed by atoms with Gasteiger partial charge < -0.3 is 4.74 Å². The Bertz CT molecular complexity index is 778. The Labute approximate surface area is 133 Å². The molecular formula is C18H13ClO3. The molecule has 0 saturated heterocycles. The van der Waals surface area contributed by atoms with Gasteiger partial charge in [-0.3, -0.25) is 9.59 Å². The fourth-order valence-corrected chi connectivity index (χ4v) is 2.45. The monoisotopic (exact) mass is 312 g/mol. The van der Waals surface area contributed by atoms with E-state index in [4.69, 9.17) is 16.3 Å². The smallest absolute Gasteiger partial charge is 0.223 e. The fourth-order valence-electron chi connectivity index (χ4n) is 2.28. The van der Waals surface area contributed by atoms with Gasteiger partial charge in [-0.05, 0) is 36.3 Å². The van der Waals surface area contributed by atoms with Crippen molar-refractivity contribution in [3.05, 3.63) is 70.3 Å². The van der Waals surface area contributed by atoms with E-state index in [1.54, 1.807) is 18.2 Å². The summed E-state index contributed by atoms with van der Waals surface area (Å²) in [5, 5.41) is 0.489. The van der Waals surface area contributed by atoms with Crippen molar-refractivity contribution in [1.82, 2.24) is 0 Å². The lowest BCUT2D eigenvalue weighted by molar-refractivity contribution is -0.118. The number of ketones is 2. The van der Waals surface area contributed by atoms with Gasteiger partial charge in [-0.15, -0.1) is 0 Å². The number of halogens is 1. The molecule has 0 radical (unpaired) electrons. The molecule has 22 heavy (non-hydrogen) atoms. The van der Waals surface area contributed by atoms with E-state index in [0.29, 0.717) is 16.3 Å². The van der Waals surface area contributed by atoms with Crippen LogP contribution in [0, 0.1) is 6.92 Å². The van der Waals surface area contributed by atoms with Crippen molar-refractivity contribution in [2.45, 2.75) is 13.0 Å². The van der Waals surface area contributed by atoms with Crippen molar-refractivity contribution in [2.75, 3.05) is 0 Å². The van der Waals surface area contributed by atoms with Crippen molar-refractivity contribution >= 4 is 29.2 Å². The third-order valence-corrected chi connectivity index (χ3v) is 3.91. The molecule has 1 aliphatic rings. The van der Waals surface area contributed by atoms with Crippen LogP contribution in [0.25, 0.3) is 6.08 Å². The highest BCUT2D eigenvalue weighted by Gasteiger charge is 2.37. The van der Waals surface area contributed by atoms with Crippen LogP contribution >= 0.6 is 11.6 Å². The van der Waals surface area contributed by atoms with Gasteiger partial charge in [0.2, 0.25) is 17.7 Å². The molecule has 1 atom stereocenters. The molecular weight excluding hydrogens is 300 g/mol. The van der Waals surface area contributed by atoms with E-state index in [-0.39, 0.29) is 11.6 Å². The van der Waals surface area contributed by atoms with E-state index in [1.165, 1.54) is 6.08 Å². The van der Waals surface area contributed by atoms with Crippen LogP contribution in [0.4, 0.5) is 0 Å². The van der Waals surface area contributed by atoms with Gasteiger partial charge in [0.25, 0.3) is 0 Å². The molecule has 0 bridgehead atoms. The van der Waals surface area contributed by atoms with Gasteiger partial charge in [0.15, 0.2) is 0 Å². The second-order valence-corrected chi connectivity index (χ2v) is 5.51. The van der Waals surface area contributed by atoms with E-state index in [1.807, 2.05) is 37.3 Å². The summed E-state index contributed by atoms with van der Waals surface area (Å²) >= 11 is 6.02. The van der Waals surface area contributed by atoms with Crippen molar-refractivity contribution in [3.8, 4) is 5.75 Å². The maximum Gasteiger partial charge on any atom is 0.223 e. The molecule has 2 aromatic rings. The molecule has 0 fully saturated rings. The summed E-state index contributed by atoms with van der Waals surface area (Å²) < 4.78 is 5.50. The lowest BCUT2D eigenvalue weighted by Crippen LogP contribution is -2.29. The standard InChI is InChI=1S/C18H13ClO3/c1-11-9-16-13(10-14(11)19)17(21)18(22-16)15(20)8-7-12-5-3-2-4-6-12/h2-10,18H,1H3/b8-7+. The third-order valence-electron chi connectivity index (χ3n) is 3.51. The first-order valence-corrected chi connectivity index (χ1v) is 7.22. The first kappa shape index (κ1) is 14.5. The first-order valence-electron chi connectivity index (χ1n) is 6.84. The molecule has 0 amide bonds. The average Bonchev–Trinajstić information content (AvgIpc) is 2.83. The summed E-state index contributed by atoms with van der Waals surface area (Å²) in [5.74, 6) is -0.309. The third kappa shape index (κ3) is 2.68. The summed E-state index contributed by atoms with van der Waals surface area (Å²) in [5.41, 5.74) is 2.06. The Kier molecular flexibility index (Phi) is 3.82. The number of benzene rings is 2. The molecule has 1 aliphatic heterocycles. The van der Waals surface area contributed by atoms with Crippen molar-refractivity contribution < 1.29 is 14.3 Å². The summed E-state index contributed by atoms with van der Waals surface area (Å²) in [6, 6.07) is 12.6. The largest absolute Gasteiger partial charge is 0.473 e. The minimum absolute atomic E-state index is 0.348. The van der Waals surface area contributed by atoms with E-state index >= 15 is 0 Å². The van der Waals surface area contributed by atoms with E-state index < -0.39 is 6.10 Å². The van der Waals surface area contributed by atoms with Crippen LogP contribution in [-0.4, -0.2) is 17.7 Å². The molecule has 0 aromatic heterocycles. The number of fused-ring (bicyclic) bond motifs is 1. The van der Waals surface area contributed by atoms with Crippen molar-refractivity contribution in [3.63, 3.8) is 0 Å². The number of hydrogen-bond donors (Lipinski definition) is 0. The van der Waals surface area contributed by atoms with Crippen LogP contribution in [0.5, 0.6) is 5.75 Å². The van der Waals surface area contributed by atoms with Crippen LogP contribution in [0.15, 0.2) is 48.5 Å². The second kappa shape index (κ2) is 5.78. The predicted octanol–water partition coefficient (Wildman–Crippen LogP) is 3.87. The Hall–Kier alpha value is -2.39. The summed E-state index contributed by atoms with van der Waals surface area (Å²) in [6.45, 7) is 1.82. The predicted molar refractivity (Wildman–Crippen MR) is 85.4 cm³/mol. The molecule has 1 heterocycles. The van der Waals surface area contributed by atoms with E-state index in [9.17, 15) is 9.59 Å². The molecule has 3 rings (SSSR count). The summed E-state index contributed by atoms with van der Waals surface area (Å²) in [4.78, 5) is 24.5. The minimum Gasteiger partial charge on any atom is -0.473 e. The number of ether oxygens (including phenoxy) is 1. The van der Waals surface area contributed by atoms with Gasteiger partial charge >= 0.3 is 0 Å². The molecule has 110 valence electrons. The van der Waals surface area contributed by atoms with Gasteiger partial charge in [0.05, 0.1) is 5.56 Å². The first-order chi connectivity index (χ1) is 10.6. The number of hydrogen-bond acceptors (Lipinski definition) is 3. The molecule has 2 aromatic carbocycles. The zero-order valence-electron chi connectivity index (χ0n) is 11.9. The molecule has 1 unspecified atom stereocenters. The lowest BCUT2D eigenvalue weighted by Gasteiger charge is -2.05. The highest BCUT2D eigenvalue weighted by molar-refractivity contribution is 6.32. The number of rotatable bonds is 3. The minimum atomic E-state index is -1.12. The zero-order chi connectivity index (χ0) is 15.7. The molecule has 0 saturated carbocycles. The zero-order valence-corrected chi connectivity index (χ0v) is 12.6. The number of carbonyl (C=O) groups is 2. The van der Waals surface area contributed by atoms with Crippen LogP contribution in [-0.2, 0) is 4.79 Å². The van der Waals surface area contributed by atoms with Gasteiger partial charge in [-0.1, -0.05) is 48.0 Å². The molecule has 0 N–H and O–H groups in total. The SMILES string of the molecule is Cc1cc2c(cc1Cl)C(=O)C(C(=O)/C=C/c1ccccc1)O2. The average molecular weight is 313 g/mol. The fraction of sp³-hybridized carbons (Fsp3) is 0.111. The van der Waals surface area contributed by atoms with Crippen LogP contribution < -0.4 is 4.74 Å². The molecule has 3 nitrogen and oxygen atoms in total. The van der Waals surface area contributed by atoms with Crippen LogP contribution in [0.1, 0.15) is 21.5 Å². The quantitative estimate of drug-likeness (QED) is 0.638. The number of aryl methyl sites for hydroxylation is 1. The summed E-state index contributed by atoms with van der Waals surface area (Å²) in [7, 11) is 0. The number of Topliss-reactive ketones (excluding diaryl/α,β-unsaturated/α-hetero) is 1. The Morgan fingerprint density at radius 1 is 1.23 bits per heavy atom. The normalized spacial score (nSPS) is 16.6. The molecule has 4 heteroatoms. The van der Waals surface area contributed by atoms with E-state index in [0.717, 1.165) is 11.1 Å². The van der Waals surface area contributed by atoms with Gasteiger partial charge in [-0.2, -0.15) is 0 Å².